The van der Waals surface area contributed by atoms with Crippen molar-refractivity contribution in [1.82, 2.24) is 5.32 Å². The number of carbonyl (C=O) groups excluding carboxylic acids is 3. The topological polar surface area (TPSA) is 102 Å². The van der Waals surface area contributed by atoms with Crippen LogP contribution in [0.3, 0.4) is 0 Å². The van der Waals surface area contributed by atoms with Gasteiger partial charge in [0.25, 0.3) is 5.91 Å². The zero-order valence-corrected chi connectivity index (χ0v) is 19.8. The van der Waals surface area contributed by atoms with E-state index in [0.29, 0.717) is 5.56 Å². The molecule has 8 heteroatoms. The average Bonchev–Trinajstić information content (AvgIpc) is 2.76. The molecule has 180 valence electrons. The second-order valence-corrected chi connectivity index (χ2v) is 9.15. The highest BCUT2D eigenvalue weighted by Crippen LogP contribution is 2.41. The largest absolute Gasteiger partial charge is 0.511 e. The van der Waals surface area contributed by atoms with E-state index in [1.807, 2.05) is 30.3 Å². The standard InChI is InChI=1S/C26H28FNO6/c1-14-11-17(33-13-16-9-7-6-8-10-16)22(27)20-15(2)23(30)21(24(31)19(14)20)25(32)28-12-18(29)34-26(3,4)5/h6-11,15,30H,12-13H2,1-5H3,(H,28,32). The van der Waals surface area contributed by atoms with E-state index >= 15 is 4.39 Å². The van der Waals surface area contributed by atoms with Crippen LogP contribution < -0.4 is 10.1 Å². The third-order valence-corrected chi connectivity index (χ3v) is 5.30. The van der Waals surface area contributed by atoms with Gasteiger partial charge in [-0.25, -0.2) is 4.39 Å². The molecule has 1 aliphatic rings. The molecule has 3 rings (SSSR count). The summed E-state index contributed by atoms with van der Waals surface area (Å²) in [6, 6.07) is 10.6. The number of aliphatic hydroxyl groups excluding tert-OH is 1. The zero-order chi connectivity index (χ0) is 25.2. The SMILES string of the molecule is Cc1cc(OCc2ccccc2)c(F)c2c1C(=O)C(C(=O)NCC(=O)OC(C)(C)C)=C(O)C2C. The van der Waals surface area contributed by atoms with Gasteiger partial charge in [-0.05, 0) is 44.9 Å². The minimum absolute atomic E-state index is 0.00252. The molecule has 0 heterocycles. The van der Waals surface area contributed by atoms with E-state index in [9.17, 15) is 19.5 Å². The molecule has 0 aliphatic heterocycles. The lowest BCUT2D eigenvalue weighted by atomic mass is 9.79. The molecule has 0 aromatic heterocycles. The molecule has 7 nitrogen and oxygen atoms in total. The number of ether oxygens (including phenoxy) is 2. The number of esters is 1. The number of amides is 1. The lowest BCUT2D eigenvalue weighted by molar-refractivity contribution is -0.154. The van der Waals surface area contributed by atoms with Gasteiger partial charge >= 0.3 is 5.97 Å². The molecule has 1 aliphatic carbocycles. The minimum atomic E-state index is -0.978. The molecular weight excluding hydrogens is 441 g/mol. The zero-order valence-electron chi connectivity index (χ0n) is 19.8. The monoisotopic (exact) mass is 469 g/mol. The first-order valence-electron chi connectivity index (χ1n) is 10.9. The second-order valence-electron chi connectivity index (χ2n) is 9.15. The molecular formula is C26H28FNO6. The Kier molecular flexibility index (Phi) is 7.09. The van der Waals surface area contributed by atoms with E-state index in [1.54, 1.807) is 27.7 Å². The van der Waals surface area contributed by atoms with Crippen molar-refractivity contribution in [2.75, 3.05) is 6.54 Å². The van der Waals surface area contributed by atoms with Gasteiger partial charge in [-0.2, -0.15) is 0 Å². The van der Waals surface area contributed by atoms with Crippen LogP contribution in [-0.4, -0.2) is 34.9 Å². The van der Waals surface area contributed by atoms with Crippen molar-refractivity contribution in [3.8, 4) is 5.75 Å². The number of aliphatic hydroxyl groups is 1. The molecule has 1 amide bonds. The number of allylic oxidation sites excluding steroid dienone is 1. The van der Waals surface area contributed by atoms with Gasteiger partial charge in [-0.3, -0.25) is 14.4 Å². The third-order valence-electron chi connectivity index (χ3n) is 5.30. The number of hydrogen-bond donors (Lipinski definition) is 2. The van der Waals surface area contributed by atoms with Gasteiger partial charge in [0.15, 0.2) is 11.6 Å². The Bertz CT molecular complexity index is 1160. The highest BCUT2D eigenvalue weighted by atomic mass is 19.1. The lowest BCUT2D eigenvalue weighted by Crippen LogP contribution is -2.38. The van der Waals surface area contributed by atoms with Crippen LogP contribution in [0.5, 0.6) is 5.75 Å². The molecule has 2 aromatic rings. The second kappa shape index (κ2) is 9.67. The van der Waals surface area contributed by atoms with Crippen LogP contribution in [0.1, 0.15) is 60.7 Å². The molecule has 1 atom stereocenters. The molecule has 2 N–H and O–H groups in total. The summed E-state index contributed by atoms with van der Waals surface area (Å²) >= 11 is 0. The summed E-state index contributed by atoms with van der Waals surface area (Å²) in [5.74, 6) is -4.82. The number of Topliss-reactive ketones (excluding diaryl/α,β-unsaturated/α-hetero) is 1. The number of rotatable bonds is 6. The molecule has 1 unspecified atom stereocenters. The van der Waals surface area contributed by atoms with Crippen molar-refractivity contribution in [2.45, 2.75) is 52.7 Å². The number of benzene rings is 2. The molecule has 34 heavy (non-hydrogen) atoms. The van der Waals surface area contributed by atoms with Gasteiger partial charge in [0.1, 0.15) is 30.1 Å². The normalized spacial score (nSPS) is 15.6. The van der Waals surface area contributed by atoms with Gasteiger partial charge in [0.2, 0.25) is 5.78 Å². The third kappa shape index (κ3) is 5.27. The van der Waals surface area contributed by atoms with Gasteiger partial charge in [-0.15, -0.1) is 0 Å². The van der Waals surface area contributed by atoms with Crippen LogP contribution >= 0.6 is 0 Å². The maximum atomic E-state index is 15.4. The first-order valence-corrected chi connectivity index (χ1v) is 10.9. The number of aryl methyl sites for hydroxylation is 1. The fourth-order valence-electron chi connectivity index (χ4n) is 3.77. The van der Waals surface area contributed by atoms with Gasteiger partial charge < -0.3 is 19.9 Å². The number of ketones is 1. The lowest BCUT2D eigenvalue weighted by Gasteiger charge is -2.26. The number of carbonyl (C=O) groups is 3. The Labute approximate surface area is 197 Å². The van der Waals surface area contributed by atoms with Gasteiger partial charge in [-0.1, -0.05) is 37.3 Å². The first-order chi connectivity index (χ1) is 15.9. The Morgan fingerprint density at radius 3 is 2.44 bits per heavy atom. The van der Waals surface area contributed by atoms with E-state index in [2.05, 4.69) is 5.32 Å². The highest BCUT2D eigenvalue weighted by molar-refractivity contribution is 6.28. The van der Waals surface area contributed by atoms with Crippen LogP contribution in [-0.2, 0) is 20.9 Å². The summed E-state index contributed by atoms with van der Waals surface area (Å²) in [5.41, 5.74) is -0.0587. The number of hydrogen-bond acceptors (Lipinski definition) is 6. The number of nitrogens with one attached hydrogen (secondary N) is 1. The molecule has 0 saturated heterocycles. The highest BCUT2D eigenvalue weighted by Gasteiger charge is 2.39. The maximum Gasteiger partial charge on any atom is 0.325 e. The molecule has 0 saturated carbocycles. The number of fused-ring (bicyclic) bond motifs is 1. The van der Waals surface area contributed by atoms with E-state index in [0.717, 1.165) is 5.56 Å². The average molecular weight is 470 g/mol. The molecule has 0 bridgehead atoms. The van der Waals surface area contributed by atoms with Crippen molar-refractivity contribution in [3.63, 3.8) is 0 Å². The van der Waals surface area contributed by atoms with Crippen LogP contribution in [0, 0.1) is 12.7 Å². The fourth-order valence-corrected chi connectivity index (χ4v) is 3.77. The quantitative estimate of drug-likeness (QED) is 0.484. The van der Waals surface area contributed by atoms with E-state index < -0.39 is 52.9 Å². The van der Waals surface area contributed by atoms with Crippen molar-refractivity contribution >= 4 is 17.7 Å². The number of halogens is 1. The Morgan fingerprint density at radius 2 is 1.82 bits per heavy atom. The summed E-state index contributed by atoms with van der Waals surface area (Å²) in [7, 11) is 0. The van der Waals surface area contributed by atoms with Crippen molar-refractivity contribution in [1.29, 1.82) is 0 Å². The maximum absolute atomic E-state index is 15.4. The van der Waals surface area contributed by atoms with Crippen LogP contribution in [0.2, 0.25) is 0 Å². The van der Waals surface area contributed by atoms with Crippen LogP contribution in [0.4, 0.5) is 4.39 Å². The summed E-state index contributed by atoms with van der Waals surface area (Å²) < 4.78 is 26.2. The Balaban J connectivity index is 1.86. The summed E-state index contributed by atoms with van der Waals surface area (Å²) in [6.07, 6.45) is 0. The first kappa shape index (κ1) is 25.0. The molecule has 0 radical (unpaired) electrons. The van der Waals surface area contributed by atoms with Crippen molar-refractivity contribution in [3.05, 3.63) is 75.8 Å². The Morgan fingerprint density at radius 1 is 1.18 bits per heavy atom. The summed E-state index contributed by atoms with van der Waals surface area (Å²) in [4.78, 5) is 37.7. The fraction of sp³-hybridized carbons (Fsp3) is 0.346. The smallest absolute Gasteiger partial charge is 0.325 e. The molecule has 0 spiro atoms. The van der Waals surface area contributed by atoms with Crippen LogP contribution in [0.25, 0.3) is 0 Å². The summed E-state index contributed by atoms with van der Waals surface area (Å²) in [6.45, 7) is 7.78. The van der Waals surface area contributed by atoms with E-state index in [-0.39, 0.29) is 23.5 Å². The van der Waals surface area contributed by atoms with Gasteiger partial charge in [0.05, 0.1) is 0 Å². The van der Waals surface area contributed by atoms with E-state index in [1.165, 1.54) is 13.0 Å². The minimum Gasteiger partial charge on any atom is -0.511 e. The Hall–Kier alpha value is -3.68. The molecule has 2 aromatic carbocycles. The predicted octanol–water partition coefficient (Wildman–Crippen LogP) is 4.28. The molecule has 0 fully saturated rings. The predicted molar refractivity (Wildman–Crippen MR) is 123 cm³/mol. The van der Waals surface area contributed by atoms with Gasteiger partial charge in [0, 0.05) is 17.0 Å². The van der Waals surface area contributed by atoms with Crippen molar-refractivity contribution in [2.24, 2.45) is 0 Å². The van der Waals surface area contributed by atoms with Crippen LogP contribution in [0.15, 0.2) is 47.7 Å². The van der Waals surface area contributed by atoms with E-state index in [4.69, 9.17) is 9.47 Å². The summed E-state index contributed by atoms with van der Waals surface area (Å²) in [5, 5.41) is 13.0. The van der Waals surface area contributed by atoms with Crippen molar-refractivity contribution < 1.29 is 33.4 Å².